The van der Waals surface area contributed by atoms with Gasteiger partial charge in [0.05, 0.1) is 0 Å². The summed E-state index contributed by atoms with van der Waals surface area (Å²) in [5.74, 6) is 13.8. The van der Waals surface area contributed by atoms with Gasteiger partial charge in [-0.1, -0.05) is 11.8 Å². The molecular weight excluding hydrogens is 196 g/mol. The van der Waals surface area contributed by atoms with Gasteiger partial charge in [0.25, 0.3) is 0 Å². The van der Waals surface area contributed by atoms with Gasteiger partial charge in [0.1, 0.15) is 0 Å². The van der Waals surface area contributed by atoms with Crippen molar-refractivity contribution in [2.75, 3.05) is 26.2 Å². The van der Waals surface area contributed by atoms with Crippen molar-refractivity contribution in [2.24, 2.45) is 11.8 Å². The monoisotopic (exact) mass is 216 g/mol. The molecular formula is C14H20N2. The van der Waals surface area contributed by atoms with Crippen LogP contribution in [0.5, 0.6) is 0 Å². The summed E-state index contributed by atoms with van der Waals surface area (Å²) in [7, 11) is 0. The van der Waals surface area contributed by atoms with E-state index in [-0.39, 0.29) is 0 Å². The first-order valence-electron chi connectivity index (χ1n) is 6.37. The van der Waals surface area contributed by atoms with Crippen molar-refractivity contribution in [3.63, 3.8) is 0 Å². The lowest BCUT2D eigenvalue weighted by atomic mass is 9.98. The summed E-state index contributed by atoms with van der Waals surface area (Å²) in [5, 5.41) is 6.69. The van der Waals surface area contributed by atoms with Crippen LogP contribution in [-0.2, 0) is 0 Å². The first-order valence-corrected chi connectivity index (χ1v) is 6.37. The van der Waals surface area contributed by atoms with Crippen LogP contribution >= 0.6 is 0 Å². The quantitative estimate of drug-likeness (QED) is 0.590. The first kappa shape index (κ1) is 11.5. The second-order valence-electron chi connectivity index (χ2n) is 4.59. The highest BCUT2D eigenvalue weighted by Gasteiger charge is 2.09. The van der Waals surface area contributed by atoms with Gasteiger partial charge in [0, 0.05) is 11.8 Å². The molecule has 2 aliphatic rings. The van der Waals surface area contributed by atoms with E-state index in [0.29, 0.717) is 11.8 Å². The van der Waals surface area contributed by atoms with Crippen LogP contribution < -0.4 is 10.6 Å². The molecule has 2 aliphatic heterocycles. The van der Waals surface area contributed by atoms with Crippen molar-refractivity contribution in [1.29, 1.82) is 0 Å². The zero-order valence-electron chi connectivity index (χ0n) is 9.81. The number of piperidine rings is 2. The summed E-state index contributed by atoms with van der Waals surface area (Å²) in [6, 6.07) is 0. The van der Waals surface area contributed by atoms with Gasteiger partial charge in [-0.05, 0) is 63.7 Å². The maximum absolute atomic E-state index is 3.35. The molecule has 0 aromatic heterocycles. The average Bonchev–Trinajstić information content (AvgIpc) is 2.37. The highest BCUT2D eigenvalue weighted by molar-refractivity contribution is 5.28. The largest absolute Gasteiger partial charge is 0.317 e. The van der Waals surface area contributed by atoms with E-state index in [0.717, 1.165) is 26.2 Å². The van der Waals surface area contributed by atoms with Gasteiger partial charge in [0.15, 0.2) is 0 Å². The lowest BCUT2D eigenvalue weighted by Crippen LogP contribution is -2.27. The molecule has 0 radical (unpaired) electrons. The van der Waals surface area contributed by atoms with Crippen molar-refractivity contribution in [2.45, 2.75) is 25.7 Å². The molecule has 16 heavy (non-hydrogen) atoms. The molecule has 2 heteroatoms. The van der Waals surface area contributed by atoms with E-state index in [1.165, 1.54) is 25.7 Å². The molecule has 0 saturated carbocycles. The topological polar surface area (TPSA) is 24.1 Å². The summed E-state index contributed by atoms with van der Waals surface area (Å²) in [6.45, 7) is 4.45. The Kier molecular flexibility index (Phi) is 4.74. The van der Waals surface area contributed by atoms with Gasteiger partial charge >= 0.3 is 0 Å². The van der Waals surface area contributed by atoms with Crippen LogP contribution in [0.3, 0.4) is 0 Å². The number of hydrogen-bond donors (Lipinski definition) is 2. The maximum Gasteiger partial charge on any atom is 0.0237 e. The smallest absolute Gasteiger partial charge is 0.0237 e. The van der Waals surface area contributed by atoms with Gasteiger partial charge in [-0.2, -0.15) is 0 Å². The minimum atomic E-state index is 0.573. The Morgan fingerprint density at radius 1 is 0.625 bits per heavy atom. The van der Waals surface area contributed by atoms with E-state index < -0.39 is 0 Å². The third-order valence-corrected chi connectivity index (χ3v) is 3.29. The molecule has 86 valence electrons. The number of rotatable bonds is 0. The molecule has 0 aliphatic carbocycles. The highest BCUT2D eigenvalue weighted by atomic mass is 14.9. The van der Waals surface area contributed by atoms with Gasteiger partial charge in [-0.3, -0.25) is 0 Å². The standard InChI is InChI=1S/C14H20N2/c1(3-13-5-9-15-10-6-13)2-4-14-7-11-16-12-8-14/h13-16H,5-12H2. The second-order valence-corrected chi connectivity index (χ2v) is 4.59. The minimum absolute atomic E-state index is 0.573. The van der Waals surface area contributed by atoms with Crippen LogP contribution in [0.15, 0.2) is 0 Å². The second kappa shape index (κ2) is 6.59. The Hall–Kier alpha value is -0.960. The van der Waals surface area contributed by atoms with E-state index >= 15 is 0 Å². The number of hydrogen-bond acceptors (Lipinski definition) is 2. The predicted molar refractivity (Wildman–Crippen MR) is 66.7 cm³/mol. The summed E-state index contributed by atoms with van der Waals surface area (Å²) < 4.78 is 0. The van der Waals surface area contributed by atoms with Gasteiger partial charge in [-0.25, -0.2) is 0 Å². The van der Waals surface area contributed by atoms with Crippen LogP contribution in [0, 0.1) is 35.5 Å². The molecule has 2 heterocycles. The normalized spacial score (nSPS) is 22.8. The van der Waals surface area contributed by atoms with Crippen LogP contribution in [-0.4, -0.2) is 26.2 Å². The lowest BCUT2D eigenvalue weighted by molar-refractivity contribution is 0.447. The van der Waals surface area contributed by atoms with Gasteiger partial charge < -0.3 is 10.6 Å². The van der Waals surface area contributed by atoms with Crippen molar-refractivity contribution >= 4 is 0 Å². The molecule has 2 nitrogen and oxygen atoms in total. The summed E-state index contributed by atoms with van der Waals surface area (Å²) in [5.41, 5.74) is 0. The molecule has 0 atom stereocenters. The third kappa shape index (κ3) is 3.89. The molecule has 2 saturated heterocycles. The fourth-order valence-electron chi connectivity index (χ4n) is 2.21. The molecule has 2 N–H and O–H groups in total. The van der Waals surface area contributed by atoms with Crippen LogP contribution in [0.2, 0.25) is 0 Å². The van der Waals surface area contributed by atoms with E-state index in [4.69, 9.17) is 0 Å². The van der Waals surface area contributed by atoms with Crippen molar-refractivity contribution in [1.82, 2.24) is 10.6 Å². The predicted octanol–water partition coefficient (Wildman–Crippen LogP) is 0.992. The molecule has 2 fully saturated rings. The molecule has 0 bridgehead atoms. The lowest BCUT2D eigenvalue weighted by Gasteiger charge is -2.17. The molecule has 0 unspecified atom stereocenters. The summed E-state index contributed by atoms with van der Waals surface area (Å²) in [6.07, 6.45) is 4.73. The fourth-order valence-corrected chi connectivity index (χ4v) is 2.21. The summed E-state index contributed by atoms with van der Waals surface area (Å²) >= 11 is 0. The Morgan fingerprint density at radius 2 is 1.00 bits per heavy atom. The third-order valence-electron chi connectivity index (χ3n) is 3.29. The molecule has 0 spiro atoms. The van der Waals surface area contributed by atoms with Crippen LogP contribution in [0.1, 0.15) is 25.7 Å². The van der Waals surface area contributed by atoms with E-state index in [9.17, 15) is 0 Å². The molecule has 0 amide bonds. The van der Waals surface area contributed by atoms with E-state index in [1.54, 1.807) is 0 Å². The molecule has 0 aromatic carbocycles. The summed E-state index contributed by atoms with van der Waals surface area (Å²) in [4.78, 5) is 0. The Balaban J connectivity index is 1.76. The molecule has 0 aromatic rings. The Morgan fingerprint density at radius 3 is 1.38 bits per heavy atom. The Bertz CT molecular complexity index is 280. The highest BCUT2D eigenvalue weighted by Crippen LogP contribution is 2.10. The van der Waals surface area contributed by atoms with Gasteiger partial charge in [-0.15, -0.1) is 0 Å². The zero-order chi connectivity index (χ0) is 11.1. The van der Waals surface area contributed by atoms with Crippen molar-refractivity contribution < 1.29 is 0 Å². The molecule has 2 rings (SSSR count). The zero-order valence-corrected chi connectivity index (χ0v) is 9.81. The van der Waals surface area contributed by atoms with Crippen LogP contribution in [0.25, 0.3) is 0 Å². The average molecular weight is 216 g/mol. The Labute approximate surface area is 98.6 Å². The SMILES string of the molecule is C(C#CC1CCNCC1)#CC1CCNCC1. The number of nitrogens with one attached hydrogen (secondary N) is 2. The van der Waals surface area contributed by atoms with Crippen molar-refractivity contribution in [3.05, 3.63) is 0 Å². The maximum atomic E-state index is 3.35. The van der Waals surface area contributed by atoms with E-state index in [1.807, 2.05) is 0 Å². The minimum Gasteiger partial charge on any atom is -0.317 e. The van der Waals surface area contributed by atoms with Crippen molar-refractivity contribution in [3.8, 4) is 23.7 Å². The van der Waals surface area contributed by atoms with Gasteiger partial charge in [0.2, 0.25) is 0 Å². The first-order chi connectivity index (χ1) is 7.95. The van der Waals surface area contributed by atoms with Crippen LogP contribution in [0.4, 0.5) is 0 Å². The fraction of sp³-hybridized carbons (Fsp3) is 0.714. The van der Waals surface area contributed by atoms with E-state index in [2.05, 4.69) is 34.3 Å².